The molecule has 0 N–H and O–H groups in total. The lowest BCUT2D eigenvalue weighted by atomic mass is 9.75. The quantitative estimate of drug-likeness (QED) is 0.370. The molecule has 0 saturated heterocycles. The number of hydrogen-bond donors (Lipinski definition) is 0. The van der Waals surface area contributed by atoms with Crippen LogP contribution in [0.3, 0.4) is 0 Å². The average molecular weight is 416 g/mol. The van der Waals surface area contributed by atoms with E-state index in [2.05, 4.69) is 6.92 Å². The SMILES string of the molecule is CCCCCC1CCC(CCCC2CCC(c3cc(F)c(C#N)c(F)c3)CC2)CC1. The summed E-state index contributed by atoms with van der Waals surface area (Å²) in [6.45, 7) is 2.29. The summed E-state index contributed by atoms with van der Waals surface area (Å²) in [4.78, 5) is 0. The van der Waals surface area contributed by atoms with Crippen molar-refractivity contribution in [3.63, 3.8) is 0 Å². The van der Waals surface area contributed by atoms with Crippen molar-refractivity contribution in [2.45, 2.75) is 109 Å². The first-order chi connectivity index (χ1) is 14.6. The molecule has 1 aromatic carbocycles. The van der Waals surface area contributed by atoms with Gasteiger partial charge in [0.05, 0.1) is 0 Å². The van der Waals surface area contributed by atoms with E-state index in [9.17, 15) is 8.78 Å². The lowest BCUT2D eigenvalue weighted by Crippen LogP contribution is -2.16. The normalized spacial score (nSPS) is 27.0. The van der Waals surface area contributed by atoms with Gasteiger partial charge in [-0.25, -0.2) is 8.78 Å². The second-order valence-corrected chi connectivity index (χ2v) is 10.0. The van der Waals surface area contributed by atoms with Crippen LogP contribution in [-0.4, -0.2) is 0 Å². The zero-order valence-electron chi connectivity index (χ0n) is 18.8. The van der Waals surface area contributed by atoms with Gasteiger partial charge in [0.2, 0.25) is 0 Å². The van der Waals surface area contributed by atoms with Crippen LogP contribution in [0, 0.1) is 40.7 Å². The number of hydrogen-bond acceptors (Lipinski definition) is 1. The molecule has 30 heavy (non-hydrogen) atoms. The number of unbranched alkanes of at least 4 members (excludes halogenated alkanes) is 2. The Morgan fingerprint density at radius 1 is 0.767 bits per heavy atom. The van der Waals surface area contributed by atoms with Gasteiger partial charge in [-0.2, -0.15) is 5.26 Å². The van der Waals surface area contributed by atoms with Crippen LogP contribution in [-0.2, 0) is 0 Å². The van der Waals surface area contributed by atoms with E-state index in [1.54, 1.807) is 6.07 Å². The smallest absolute Gasteiger partial charge is 0.144 e. The Morgan fingerprint density at radius 3 is 1.70 bits per heavy atom. The third-order valence-corrected chi connectivity index (χ3v) is 7.90. The fourth-order valence-corrected chi connectivity index (χ4v) is 5.91. The van der Waals surface area contributed by atoms with Crippen molar-refractivity contribution in [2.75, 3.05) is 0 Å². The third kappa shape index (κ3) is 6.53. The molecule has 3 rings (SSSR count). The molecule has 0 spiro atoms. The summed E-state index contributed by atoms with van der Waals surface area (Å²) in [7, 11) is 0. The van der Waals surface area contributed by atoms with E-state index in [-0.39, 0.29) is 5.92 Å². The Kier molecular flexibility index (Phi) is 9.16. The Hall–Kier alpha value is -1.43. The van der Waals surface area contributed by atoms with Crippen LogP contribution in [0.25, 0.3) is 0 Å². The van der Waals surface area contributed by atoms with E-state index in [0.29, 0.717) is 0 Å². The maximum Gasteiger partial charge on any atom is 0.144 e. The predicted octanol–water partition coefficient (Wildman–Crippen LogP) is 8.67. The van der Waals surface area contributed by atoms with Crippen LogP contribution >= 0.6 is 0 Å². The Labute approximate surface area is 182 Å². The number of nitriles is 1. The van der Waals surface area contributed by atoms with Crippen molar-refractivity contribution in [2.24, 2.45) is 17.8 Å². The van der Waals surface area contributed by atoms with Crippen LogP contribution < -0.4 is 0 Å². The van der Waals surface area contributed by atoms with Crippen molar-refractivity contribution in [3.05, 3.63) is 34.9 Å². The lowest BCUT2D eigenvalue weighted by molar-refractivity contribution is 0.234. The summed E-state index contributed by atoms with van der Waals surface area (Å²) in [5, 5.41) is 8.84. The highest BCUT2D eigenvalue weighted by molar-refractivity contribution is 5.36. The van der Waals surface area contributed by atoms with Crippen molar-refractivity contribution in [1.82, 2.24) is 0 Å². The van der Waals surface area contributed by atoms with Crippen LogP contribution in [0.1, 0.15) is 120 Å². The van der Waals surface area contributed by atoms with Gasteiger partial charge in [-0.3, -0.25) is 0 Å². The minimum atomic E-state index is -0.713. The fraction of sp³-hybridized carbons (Fsp3) is 0.741. The number of rotatable bonds is 9. The first-order valence-electron chi connectivity index (χ1n) is 12.5. The monoisotopic (exact) mass is 415 g/mol. The van der Waals surface area contributed by atoms with E-state index in [4.69, 9.17) is 5.26 Å². The minimum absolute atomic E-state index is 0.237. The van der Waals surface area contributed by atoms with Crippen LogP contribution in [0.5, 0.6) is 0 Å². The summed E-state index contributed by atoms with van der Waals surface area (Å²) in [6.07, 6.45) is 19.8. The van der Waals surface area contributed by atoms with Crippen molar-refractivity contribution in [3.8, 4) is 6.07 Å². The molecule has 166 valence electrons. The molecular formula is C27H39F2N. The van der Waals surface area contributed by atoms with Gasteiger partial charge in [0.25, 0.3) is 0 Å². The molecule has 1 aromatic rings. The number of nitrogens with zero attached hydrogens (tertiary/aromatic N) is 1. The summed E-state index contributed by atoms with van der Waals surface area (Å²) in [6, 6.07) is 4.37. The largest absolute Gasteiger partial charge is 0.205 e. The first-order valence-corrected chi connectivity index (χ1v) is 12.5. The molecule has 0 unspecified atom stereocenters. The van der Waals surface area contributed by atoms with Crippen molar-refractivity contribution >= 4 is 0 Å². The molecule has 0 heterocycles. The molecule has 0 radical (unpaired) electrons. The van der Waals surface area contributed by atoms with E-state index in [1.807, 2.05) is 0 Å². The molecule has 1 nitrogen and oxygen atoms in total. The van der Waals surface area contributed by atoms with E-state index < -0.39 is 17.2 Å². The molecular weight excluding hydrogens is 376 g/mol. The summed E-state index contributed by atoms with van der Waals surface area (Å²) in [5.74, 6) is 1.54. The fourth-order valence-electron chi connectivity index (χ4n) is 5.91. The van der Waals surface area contributed by atoms with Gasteiger partial charge >= 0.3 is 0 Å². The van der Waals surface area contributed by atoms with Crippen molar-refractivity contribution < 1.29 is 8.78 Å². The second-order valence-electron chi connectivity index (χ2n) is 10.0. The van der Waals surface area contributed by atoms with Crippen LogP contribution in [0.15, 0.2) is 12.1 Å². The lowest BCUT2D eigenvalue weighted by Gasteiger charge is -2.31. The molecule has 2 fully saturated rings. The van der Waals surface area contributed by atoms with Gasteiger partial charge in [0.15, 0.2) is 0 Å². The molecule has 2 aliphatic rings. The topological polar surface area (TPSA) is 23.8 Å². The van der Waals surface area contributed by atoms with Gasteiger partial charge in [-0.15, -0.1) is 0 Å². The highest BCUT2D eigenvalue weighted by Crippen LogP contribution is 2.40. The molecule has 2 saturated carbocycles. The summed E-state index contributed by atoms with van der Waals surface area (Å²) in [5.41, 5.74) is 0.278. The highest BCUT2D eigenvalue weighted by Gasteiger charge is 2.25. The van der Waals surface area contributed by atoms with E-state index >= 15 is 0 Å². The Balaban J connectivity index is 1.33. The van der Waals surface area contributed by atoms with E-state index in [1.165, 1.54) is 82.8 Å². The molecule has 0 aromatic heterocycles. The number of halogens is 2. The van der Waals surface area contributed by atoms with Gasteiger partial charge in [0.1, 0.15) is 23.3 Å². The maximum atomic E-state index is 13.9. The molecule has 2 aliphatic carbocycles. The molecule has 0 amide bonds. The van der Waals surface area contributed by atoms with Gasteiger partial charge in [-0.05, 0) is 67.1 Å². The predicted molar refractivity (Wildman–Crippen MR) is 119 cm³/mol. The molecule has 3 heteroatoms. The average Bonchev–Trinajstić information content (AvgIpc) is 2.75. The standard InChI is InChI=1S/C27H39F2N/c1-2-3-4-6-20-9-11-21(12-10-20)7-5-8-22-13-15-23(16-14-22)24-17-26(28)25(19-30)27(29)18-24/h17-18,20-23H,2-16H2,1H3. The van der Waals surface area contributed by atoms with Crippen LogP contribution in [0.2, 0.25) is 0 Å². The number of benzene rings is 1. The van der Waals surface area contributed by atoms with Crippen molar-refractivity contribution in [1.29, 1.82) is 5.26 Å². The molecule has 0 aliphatic heterocycles. The molecule has 0 bridgehead atoms. The van der Waals surface area contributed by atoms with Gasteiger partial charge in [0, 0.05) is 0 Å². The highest BCUT2D eigenvalue weighted by atomic mass is 19.1. The maximum absolute atomic E-state index is 13.9. The summed E-state index contributed by atoms with van der Waals surface area (Å²) < 4.78 is 27.9. The second kappa shape index (κ2) is 11.8. The van der Waals surface area contributed by atoms with Crippen LogP contribution in [0.4, 0.5) is 8.78 Å². The minimum Gasteiger partial charge on any atom is -0.205 e. The Morgan fingerprint density at radius 2 is 1.23 bits per heavy atom. The van der Waals surface area contributed by atoms with Gasteiger partial charge < -0.3 is 0 Å². The van der Waals surface area contributed by atoms with Gasteiger partial charge in [-0.1, -0.05) is 77.6 Å². The zero-order chi connectivity index (χ0) is 21.3. The zero-order valence-corrected chi connectivity index (χ0v) is 18.8. The summed E-state index contributed by atoms with van der Waals surface area (Å²) >= 11 is 0. The third-order valence-electron chi connectivity index (χ3n) is 7.90. The first kappa shape index (κ1) is 23.2. The molecule has 0 atom stereocenters. The van der Waals surface area contributed by atoms with E-state index in [0.717, 1.165) is 49.0 Å². The Bertz CT molecular complexity index is 668.